The van der Waals surface area contributed by atoms with E-state index in [0.29, 0.717) is 12.1 Å². The first-order chi connectivity index (χ1) is 10.8. The molecule has 2 heterocycles. The topological polar surface area (TPSA) is 27.7 Å². The molecule has 2 aliphatic heterocycles. The van der Waals surface area contributed by atoms with Crippen molar-refractivity contribution in [3.63, 3.8) is 0 Å². The minimum atomic E-state index is 0.477. The third kappa shape index (κ3) is 3.26. The second kappa shape index (κ2) is 6.62. The number of ether oxygens (including phenoxy) is 1. The van der Waals surface area contributed by atoms with E-state index in [1.54, 1.807) is 0 Å². The minimum absolute atomic E-state index is 0.477. The van der Waals surface area contributed by atoms with Crippen LogP contribution in [0.15, 0.2) is 0 Å². The van der Waals surface area contributed by atoms with Gasteiger partial charge in [0.05, 0.1) is 6.10 Å². The molecule has 0 amide bonds. The molecule has 5 heteroatoms. The lowest BCUT2D eigenvalue weighted by atomic mass is 9.95. The monoisotopic (exact) mass is 323 g/mol. The van der Waals surface area contributed by atoms with Gasteiger partial charge in [0.1, 0.15) is 0 Å². The van der Waals surface area contributed by atoms with Gasteiger partial charge in [0.2, 0.25) is 0 Å². The smallest absolute Gasteiger partial charge is 0.169 e. The largest absolute Gasteiger partial charge is 0.377 e. The Morgan fingerprint density at radius 1 is 1.09 bits per heavy atom. The van der Waals surface area contributed by atoms with Crippen LogP contribution in [0.5, 0.6) is 0 Å². The van der Waals surface area contributed by atoms with Gasteiger partial charge in [-0.1, -0.05) is 6.42 Å². The number of nitrogens with one attached hydrogen (secondary N) is 1. The average molecular weight is 324 g/mol. The number of fused-ring (bicyclic) bond motifs is 2. The molecule has 0 unspecified atom stereocenters. The third-order valence-corrected chi connectivity index (χ3v) is 6.57. The van der Waals surface area contributed by atoms with E-state index in [1.807, 2.05) is 0 Å². The van der Waals surface area contributed by atoms with Crippen LogP contribution >= 0.6 is 12.2 Å². The van der Waals surface area contributed by atoms with E-state index in [-0.39, 0.29) is 0 Å². The summed E-state index contributed by atoms with van der Waals surface area (Å²) in [6, 6.07) is 0.663. The van der Waals surface area contributed by atoms with Crippen LogP contribution in [-0.4, -0.2) is 66.4 Å². The van der Waals surface area contributed by atoms with Crippen LogP contribution in [0, 0.1) is 11.8 Å². The lowest BCUT2D eigenvalue weighted by molar-refractivity contribution is 0.0601. The van der Waals surface area contributed by atoms with Gasteiger partial charge in [-0.2, -0.15) is 0 Å². The Labute approximate surface area is 139 Å². The van der Waals surface area contributed by atoms with Crippen LogP contribution in [-0.2, 0) is 4.74 Å². The number of nitrogens with zero attached hydrogens (tertiary/aromatic N) is 2. The van der Waals surface area contributed by atoms with Crippen molar-refractivity contribution in [1.29, 1.82) is 0 Å². The van der Waals surface area contributed by atoms with Crippen molar-refractivity contribution < 1.29 is 4.74 Å². The number of hydrogen-bond donors (Lipinski definition) is 1. The van der Waals surface area contributed by atoms with Crippen LogP contribution < -0.4 is 5.32 Å². The molecule has 2 saturated carbocycles. The molecule has 0 aromatic rings. The molecule has 4 aliphatic rings. The van der Waals surface area contributed by atoms with Crippen LogP contribution in [0.25, 0.3) is 0 Å². The van der Waals surface area contributed by atoms with E-state index in [2.05, 4.69) is 15.1 Å². The fraction of sp³-hybridized carbons (Fsp3) is 0.941. The summed E-state index contributed by atoms with van der Waals surface area (Å²) in [5, 5.41) is 4.69. The van der Waals surface area contributed by atoms with E-state index in [0.717, 1.165) is 56.3 Å². The molecule has 4 rings (SSSR count). The molecule has 4 atom stereocenters. The van der Waals surface area contributed by atoms with Crippen molar-refractivity contribution in [2.45, 2.75) is 50.7 Å². The Morgan fingerprint density at radius 3 is 2.59 bits per heavy atom. The second-order valence-electron chi connectivity index (χ2n) is 7.65. The standard InChI is InChI=1S/C17H29N3OS/c22-17(18-16-11-13-3-4-14(16)10-13)20-7-5-19(6-8-20)12-15-2-1-9-21-15/h13-16H,1-12H2,(H,18,22)/t13-,14-,15-,16-/m0/s1. The predicted molar refractivity (Wildman–Crippen MR) is 92.0 cm³/mol. The molecule has 124 valence electrons. The van der Waals surface area contributed by atoms with Crippen molar-refractivity contribution in [3.05, 3.63) is 0 Å². The lowest BCUT2D eigenvalue weighted by Crippen LogP contribution is -2.54. The van der Waals surface area contributed by atoms with Gasteiger partial charge >= 0.3 is 0 Å². The molecule has 4 fully saturated rings. The van der Waals surface area contributed by atoms with E-state index in [9.17, 15) is 0 Å². The van der Waals surface area contributed by atoms with Crippen molar-refractivity contribution in [3.8, 4) is 0 Å². The molecule has 0 radical (unpaired) electrons. The molecule has 22 heavy (non-hydrogen) atoms. The minimum Gasteiger partial charge on any atom is -0.377 e. The molecular weight excluding hydrogens is 294 g/mol. The van der Waals surface area contributed by atoms with Gasteiger partial charge in [0.25, 0.3) is 0 Å². The van der Waals surface area contributed by atoms with Gasteiger partial charge < -0.3 is 15.0 Å². The van der Waals surface area contributed by atoms with E-state index >= 15 is 0 Å². The van der Waals surface area contributed by atoms with Crippen molar-refractivity contribution in [2.75, 3.05) is 39.3 Å². The summed E-state index contributed by atoms with van der Waals surface area (Å²) < 4.78 is 5.75. The zero-order valence-corrected chi connectivity index (χ0v) is 14.3. The number of rotatable bonds is 3. The Morgan fingerprint density at radius 2 is 1.95 bits per heavy atom. The summed E-state index contributed by atoms with van der Waals surface area (Å²) in [4.78, 5) is 4.93. The molecule has 4 nitrogen and oxygen atoms in total. The first-order valence-corrected chi connectivity index (χ1v) is 9.58. The quantitative estimate of drug-likeness (QED) is 0.800. The first-order valence-electron chi connectivity index (χ1n) is 9.17. The maximum Gasteiger partial charge on any atom is 0.169 e. The summed E-state index contributed by atoms with van der Waals surface area (Å²) in [5.41, 5.74) is 0. The van der Waals surface area contributed by atoms with E-state index in [4.69, 9.17) is 17.0 Å². The normalized spacial score (nSPS) is 38.6. The molecule has 0 aromatic carbocycles. The fourth-order valence-electron chi connectivity index (χ4n) is 4.88. The predicted octanol–water partition coefficient (Wildman–Crippen LogP) is 1.85. The van der Waals surface area contributed by atoms with Gasteiger partial charge in [-0.05, 0) is 56.2 Å². The maximum atomic E-state index is 5.75. The second-order valence-corrected chi connectivity index (χ2v) is 8.04. The highest BCUT2D eigenvalue weighted by molar-refractivity contribution is 7.80. The van der Waals surface area contributed by atoms with Crippen molar-refractivity contribution in [1.82, 2.24) is 15.1 Å². The SMILES string of the molecule is S=C(N[C@H]1C[C@H]2CC[C@H]1C2)N1CCN(C[C@@H]2CCCO2)CC1. The fourth-order valence-corrected chi connectivity index (χ4v) is 5.22. The first kappa shape index (κ1) is 15.2. The van der Waals surface area contributed by atoms with Gasteiger partial charge in [0, 0.05) is 45.4 Å². The summed E-state index contributed by atoms with van der Waals surface area (Å²) in [6.07, 6.45) is 8.62. The molecule has 2 bridgehead atoms. The molecule has 1 N–H and O–H groups in total. The zero-order valence-electron chi connectivity index (χ0n) is 13.5. The van der Waals surface area contributed by atoms with Gasteiger partial charge in [-0.3, -0.25) is 4.90 Å². The Hall–Kier alpha value is -0.390. The third-order valence-electron chi connectivity index (χ3n) is 6.19. The van der Waals surface area contributed by atoms with Crippen LogP contribution in [0.1, 0.15) is 38.5 Å². The van der Waals surface area contributed by atoms with Crippen LogP contribution in [0.4, 0.5) is 0 Å². The van der Waals surface area contributed by atoms with Gasteiger partial charge in [-0.15, -0.1) is 0 Å². The molecule has 0 spiro atoms. The van der Waals surface area contributed by atoms with Gasteiger partial charge in [0.15, 0.2) is 5.11 Å². The number of piperazine rings is 1. The number of thiocarbonyl (C=S) groups is 1. The van der Waals surface area contributed by atoms with E-state index < -0.39 is 0 Å². The molecule has 0 aromatic heterocycles. The molecule has 2 aliphatic carbocycles. The van der Waals surface area contributed by atoms with Crippen molar-refractivity contribution >= 4 is 17.3 Å². The van der Waals surface area contributed by atoms with Crippen LogP contribution in [0.3, 0.4) is 0 Å². The summed E-state index contributed by atoms with van der Waals surface area (Å²) in [6.45, 7) is 6.46. The maximum absolute atomic E-state index is 5.75. The highest BCUT2D eigenvalue weighted by Crippen LogP contribution is 2.44. The Balaban J connectivity index is 1.20. The Bertz CT molecular complexity index is 405. The van der Waals surface area contributed by atoms with E-state index in [1.165, 1.54) is 38.5 Å². The number of hydrogen-bond acceptors (Lipinski definition) is 3. The van der Waals surface area contributed by atoms with Crippen LogP contribution in [0.2, 0.25) is 0 Å². The lowest BCUT2D eigenvalue weighted by Gasteiger charge is -2.38. The summed E-state index contributed by atoms with van der Waals surface area (Å²) >= 11 is 5.68. The summed E-state index contributed by atoms with van der Waals surface area (Å²) in [7, 11) is 0. The molecular formula is C17H29N3OS. The van der Waals surface area contributed by atoms with Gasteiger partial charge in [-0.25, -0.2) is 0 Å². The highest BCUT2D eigenvalue weighted by atomic mass is 32.1. The van der Waals surface area contributed by atoms with Crippen molar-refractivity contribution in [2.24, 2.45) is 11.8 Å². The molecule has 2 saturated heterocycles. The summed E-state index contributed by atoms with van der Waals surface area (Å²) in [5.74, 6) is 1.87. The highest BCUT2D eigenvalue weighted by Gasteiger charge is 2.40. The zero-order chi connectivity index (χ0) is 14.9. The Kier molecular flexibility index (Phi) is 4.56. The average Bonchev–Trinajstić information content (AvgIpc) is 3.25.